The van der Waals surface area contributed by atoms with Crippen LogP contribution >= 0.6 is 0 Å². The predicted octanol–water partition coefficient (Wildman–Crippen LogP) is 0.661. The monoisotopic (exact) mass is 325 g/mol. The van der Waals surface area contributed by atoms with Gasteiger partial charge in [0, 0.05) is 13.1 Å². The van der Waals surface area contributed by atoms with Crippen molar-refractivity contribution in [2.75, 3.05) is 13.1 Å². The van der Waals surface area contributed by atoms with Crippen LogP contribution in [0.4, 0.5) is 0 Å². The summed E-state index contributed by atoms with van der Waals surface area (Å²) in [6.45, 7) is 2.26. The Morgan fingerprint density at radius 1 is 1.18 bits per heavy atom. The van der Waals surface area contributed by atoms with Gasteiger partial charge < -0.3 is 11.1 Å². The van der Waals surface area contributed by atoms with E-state index in [4.69, 9.17) is 5.73 Å². The van der Waals surface area contributed by atoms with E-state index in [1.165, 1.54) is 0 Å². The fourth-order valence-corrected chi connectivity index (χ4v) is 3.60. The molecule has 1 amide bonds. The molecule has 0 heterocycles. The quantitative estimate of drug-likeness (QED) is 0.669. The number of amides is 1. The lowest BCUT2D eigenvalue weighted by atomic mass is 9.98. The second-order valence-electron chi connectivity index (χ2n) is 5.83. The van der Waals surface area contributed by atoms with Crippen molar-refractivity contribution in [3.05, 3.63) is 29.8 Å². The number of benzene rings is 1. The third-order valence-corrected chi connectivity index (χ3v) is 5.46. The highest BCUT2D eigenvalue weighted by Crippen LogP contribution is 2.27. The first-order valence-corrected chi connectivity index (χ1v) is 8.95. The number of carbonyl (C=O) groups excluding carboxylic acids is 1. The van der Waals surface area contributed by atoms with Gasteiger partial charge in [0.05, 0.1) is 10.4 Å². The Kier molecular flexibility index (Phi) is 5.20. The van der Waals surface area contributed by atoms with E-state index < -0.39 is 15.6 Å². The van der Waals surface area contributed by atoms with Crippen LogP contribution in [-0.2, 0) is 14.8 Å². The summed E-state index contributed by atoms with van der Waals surface area (Å²) >= 11 is 0. The topological polar surface area (TPSA) is 101 Å². The van der Waals surface area contributed by atoms with E-state index in [1.807, 2.05) is 6.92 Å². The molecular weight excluding hydrogens is 302 g/mol. The van der Waals surface area contributed by atoms with Crippen LogP contribution in [0, 0.1) is 6.92 Å². The second kappa shape index (κ2) is 6.76. The molecule has 4 N–H and O–H groups in total. The zero-order chi connectivity index (χ0) is 16.2. The van der Waals surface area contributed by atoms with Crippen molar-refractivity contribution in [1.82, 2.24) is 10.0 Å². The summed E-state index contributed by atoms with van der Waals surface area (Å²) in [7, 11) is -3.54. The average molecular weight is 325 g/mol. The minimum absolute atomic E-state index is 0.137. The van der Waals surface area contributed by atoms with Crippen LogP contribution in [-0.4, -0.2) is 33.0 Å². The zero-order valence-corrected chi connectivity index (χ0v) is 13.6. The molecule has 122 valence electrons. The van der Waals surface area contributed by atoms with E-state index in [1.54, 1.807) is 24.3 Å². The lowest BCUT2D eigenvalue weighted by Gasteiger charge is -2.22. The molecule has 6 nitrogen and oxygen atoms in total. The third-order valence-electron chi connectivity index (χ3n) is 3.98. The van der Waals surface area contributed by atoms with Gasteiger partial charge in [0.25, 0.3) is 0 Å². The van der Waals surface area contributed by atoms with Crippen LogP contribution in [0.5, 0.6) is 0 Å². The molecule has 1 fully saturated rings. The first kappa shape index (κ1) is 16.9. The predicted molar refractivity (Wildman–Crippen MR) is 84.8 cm³/mol. The summed E-state index contributed by atoms with van der Waals surface area (Å²) in [6.07, 6.45) is 3.30. The zero-order valence-electron chi connectivity index (χ0n) is 12.8. The second-order valence-corrected chi connectivity index (χ2v) is 7.60. The van der Waals surface area contributed by atoms with Gasteiger partial charge in [-0.3, -0.25) is 4.79 Å². The molecular formula is C15H23N3O3S. The molecule has 22 heavy (non-hydrogen) atoms. The molecule has 0 atom stereocenters. The summed E-state index contributed by atoms with van der Waals surface area (Å²) in [5, 5.41) is 2.71. The highest BCUT2D eigenvalue weighted by atomic mass is 32.2. The molecule has 1 aromatic carbocycles. The summed E-state index contributed by atoms with van der Waals surface area (Å²) in [5.41, 5.74) is 6.24. The maximum absolute atomic E-state index is 12.1. The van der Waals surface area contributed by atoms with Crippen LogP contribution in [0.2, 0.25) is 0 Å². The van der Waals surface area contributed by atoms with Crippen LogP contribution in [0.25, 0.3) is 0 Å². The molecule has 7 heteroatoms. The number of sulfonamides is 1. The van der Waals surface area contributed by atoms with Gasteiger partial charge in [-0.2, -0.15) is 0 Å². The molecule has 1 aliphatic rings. The number of nitrogens with one attached hydrogen (secondary N) is 2. The van der Waals surface area contributed by atoms with Gasteiger partial charge >= 0.3 is 0 Å². The van der Waals surface area contributed by atoms with E-state index in [2.05, 4.69) is 10.0 Å². The van der Waals surface area contributed by atoms with Gasteiger partial charge in [0.1, 0.15) is 0 Å². The molecule has 0 aromatic heterocycles. The van der Waals surface area contributed by atoms with Crippen LogP contribution in [0.15, 0.2) is 29.2 Å². The van der Waals surface area contributed by atoms with Crippen molar-refractivity contribution < 1.29 is 13.2 Å². The van der Waals surface area contributed by atoms with Gasteiger partial charge in [-0.15, -0.1) is 0 Å². The number of rotatable bonds is 6. The summed E-state index contributed by atoms with van der Waals surface area (Å²) < 4.78 is 26.6. The highest BCUT2D eigenvalue weighted by Gasteiger charge is 2.36. The lowest BCUT2D eigenvalue weighted by Crippen LogP contribution is -2.53. The highest BCUT2D eigenvalue weighted by molar-refractivity contribution is 7.89. The molecule has 1 saturated carbocycles. The number of aryl methyl sites for hydroxylation is 1. The van der Waals surface area contributed by atoms with Crippen LogP contribution in [0.1, 0.15) is 31.2 Å². The summed E-state index contributed by atoms with van der Waals surface area (Å²) in [5.74, 6) is -0.195. The van der Waals surface area contributed by atoms with E-state index in [0.29, 0.717) is 12.8 Å². The molecule has 1 aliphatic carbocycles. The molecule has 0 spiro atoms. The minimum atomic E-state index is -3.54. The van der Waals surface area contributed by atoms with Gasteiger partial charge in [-0.05, 0) is 31.9 Å². The Labute approximate surface area is 131 Å². The smallest absolute Gasteiger partial charge is 0.240 e. The van der Waals surface area contributed by atoms with Gasteiger partial charge in [0.2, 0.25) is 15.9 Å². The van der Waals surface area contributed by atoms with Crippen molar-refractivity contribution >= 4 is 15.9 Å². The van der Waals surface area contributed by atoms with Gasteiger partial charge in [0.15, 0.2) is 0 Å². The first-order valence-electron chi connectivity index (χ1n) is 7.47. The maximum Gasteiger partial charge on any atom is 0.240 e. The molecule has 0 saturated heterocycles. The Bertz CT molecular complexity index is 620. The summed E-state index contributed by atoms with van der Waals surface area (Å²) in [6, 6.07) is 6.61. The number of nitrogens with two attached hydrogens (primary N) is 1. The van der Waals surface area contributed by atoms with E-state index in [0.717, 1.165) is 18.4 Å². The van der Waals surface area contributed by atoms with Crippen molar-refractivity contribution in [3.8, 4) is 0 Å². The fraction of sp³-hybridized carbons (Fsp3) is 0.533. The minimum Gasteiger partial charge on any atom is -0.353 e. The Balaban J connectivity index is 1.80. The summed E-state index contributed by atoms with van der Waals surface area (Å²) in [4.78, 5) is 12.2. The number of carbonyl (C=O) groups is 1. The number of hydrogen-bond acceptors (Lipinski definition) is 4. The van der Waals surface area contributed by atoms with E-state index >= 15 is 0 Å². The Hall–Kier alpha value is -1.44. The van der Waals surface area contributed by atoms with Crippen molar-refractivity contribution in [3.63, 3.8) is 0 Å². The SMILES string of the molecule is Cc1ccc(S(=O)(=O)NCCNC(=O)C2(N)CCCC2)cc1. The number of hydrogen-bond donors (Lipinski definition) is 3. The van der Waals surface area contributed by atoms with Crippen molar-refractivity contribution in [1.29, 1.82) is 0 Å². The van der Waals surface area contributed by atoms with Crippen molar-refractivity contribution in [2.24, 2.45) is 5.73 Å². The van der Waals surface area contributed by atoms with E-state index in [9.17, 15) is 13.2 Å². The van der Waals surface area contributed by atoms with Crippen LogP contribution < -0.4 is 15.8 Å². The molecule has 1 aromatic rings. The molecule has 2 rings (SSSR count). The standard InChI is InChI=1S/C15H23N3O3S/c1-12-4-6-13(7-5-12)22(20,21)18-11-10-17-14(19)15(16)8-2-3-9-15/h4-7,18H,2-3,8-11,16H2,1H3,(H,17,19). The molecule has 0 aliphatic heterocycles. The maximum atomic E-state index is 12.1. The largest absolute Gasteiger partial charge is 0.353 e. The molecule has 0 radical (unpaired) electrons. The lowest BCUT2D eigenvalue weighted by molar-refractivity contribution is -0.126. The molecule has 0 unspecified atom stereocenters. The first-order chi connectivity index (χ1) is 10.3. The van der Waals surface area contributed by atoms with Gasteiger partial charge in [-0.1, -0.05) is 30.5 Å². The van der Waals surface area contributed by atoms with Gasteiger partial charge in [-0.25, -0.2) is 13.1 Å². The Morgan fingerprint density at radius 3 is 2.36 bits per heavy atom. The fourth-order valence-electron chi connectivity index (χ4n) is 2.57. The Morgan fingerprint density at radius 2 is 1.77 bits per heavy atom. The molecule has 0 bridgehead atoms. The average Bonchev–Trinajstić information content (AvgIpc) is 2.92. The third kappa shape index (κ3) is 4.06. The normalized spacial score (nSPS) is 17.4. The van der Waals surface area contributed by atoms with Crippen molar-refractivity contribution in [2.45, 2.75) is 43.0 Å². The van der Waals surface area contributed by atoms with Crippen LogP contribution in [0.3, 0.4) is 0 Å². The van der Waals surface area contributed by atoms with E-state index in [-0.39, 0.29) is 23.9 Å².